The second-order valence-electron chi connectivity index (χ2n) is 5.94. The number of benzene rings is 1. The quantitative estimate of drug-likeness (QED) is 0.884. The number of ether oxygens (including phenoxy) is 1. The fourth-order valence-electron chi connectivity index (χ4n) is 2.97. The molecular formula is C17H27NO2. The van der Waals surface area contributed by atoms with Gasteiger partial charge < -0.3 is 9.84 Å². The second-order valence-corrected chi connectivity index (χ2v) is 5.94. The summed E-state index contributed by atoms with van der Waals surface area (Å²) in [4.78, 5) is 2.49. The number of phenols is 1. The highest BCUT2D eigenvalue weighted by atomic mass is 16.5. The summed E-state index contributed by atoms with van der Waals surface area (Å²) in [5.74, 6) is 1.11. The molecule has 1 aliphatic heterocycles. The van der Waals surface area contributed by atoms with Crippen molar-refractivity contribution in [3.8, 4) is 11.5 Å². The predicted molar refractivity (Wildman–Crippen MR) is 82.2 cm³/mol. The molecule has 1 heterocycles. The van der Waals surface area contributed by atoms with Crippen molar-refractivity contribution in [2.24, 2.45) is 0 Å². The van der Waals surface area contributed by atoms with Crippen molar-refractivity contribution in [2.45, 2.75) is 65.1 Å². The Morgan fingerprint density at radius 2 is 1.95 bits per heavy atom. The molecule has 2 atom stereocenters. The van der Waals surface area contributed by atoms with Crippen LogP contribution < -0.4 is 4.74 Å². The van der Waals surface area contributed by atoms with E-state index in [9.17, 15) is 5.11 Å². The van der Waals surface area contributed by atoms with Crippen LogP contribution in [0.4, 0.5) is 0 Å². The van der Waals surface area contributed by atoms with Gasteiger partial charge >= 0.3 is 0 Å². The highest BCUT2D eigenvalue weighted by molar-refractivity contribution is 5.39. The van der Waals surface area contributed by atoms with Gasteiger partial charge in [-0.3, -0.25) is 4.90 Å². The van der Waals surface area contributed by atoms with Gasteiger partial charge in [-0.15, -0.1) is 0 Å². The van der Waals surface area contributed by atoms with Crippen molar-refractivity contribution in [3.63, 3.8) is 0 Å². The van der Waals surface area contributed by atoms with Gasteiger partial charge in [-0.05, 0) is 39.2 Å². The first-order valence-electron chi connectivity index (χ1n) is 7.82. The number of rotatable bonds is 5. The third-order valence-electron chi connectivity index (χ3n) is 4.26. The van der Waals surface area contributed by atoms with E-state index >= 15 is 0 Å². The Morgan fingerprint density at radius 3 is 2.55 bits per heavy atom. The molecule has 1 N–H and O–H groups in total. The zero-order valence-electron chi connectivity index (χ0n) is 12.9. The number of aromatic hydroxyl groups is 1. The minimum Gasteiger partial charge on any atom is -0.507 e. The Morgan fingerprint density at radius 1 is 1.25 bits per heavy atom. The van der Waals surface area contributed by atoms with Crippen LogP contribution >= 0.6 is 0 Å². The average molecular weight is 277 g/mol. The molecule has 1 saturated heterocycles. The van der Waals surface area contributed by atoms with Gasteiger partial charge in [0.15, 0.2) is 0 Å². The van der Waals surface area contributed by atoms with Crippen LogP contribution in [0.5, 0.6) is 11.5 Å². The Hall–Kier alpha value is -1.22. The SMILES string of the molecule is CCCOc1ccc(CN2[C@H](C)CCC[C@@H]2C)c(O)c1. The fourth-order valence-corrected chi connectivity index (χ4v) is 2.97. The van der Waals surface area contributed by atoms with Crippen molar-refractivity contribution in [1.82, 2.24) is 4.90 Å². The first-order valence-corrected chi connectivity index (χ1v) is 7.82. The van der Waals surface area contributed by atoms with Crippen LogP contribution in [0.25, 0.3) is 0 Å². The summed E-state index contributed by atoms with van der Waals surface area (Å²) >= 11 is 0. The van der Waals surface area contributed by atoms with Gasteiger partial charge in [-0.1, -0.05) is 19.4 Å². The fraction of sp³-hybridized carbons (Fsp3) is 0.647. The van der Waals surface area contributed by atoms with E-state index in [1.807, 2.05) is 12.1 Å². The molecule has 20 heavy (non-hydrogen) atoms. The second kappa shape index (κ2) is 6.98. The van der Waals surface area contributed by atoms with Crippen molar-refractivity contribution in [3.05, 3.63) is 23.8 Å². The van der Waals surface area contributed by atoms with E-state index in [1.165, 1.54) is 19.3 Å². The Kier molecular flexibility index (Phi) is 5.30. The van der Waals surface area contributed by atoms with Gasteiger partial charge in [0.05, 0.1) is 6.61 Å². The van der Waals surface area contributed by atoms with Crippen LogP contribution in [0, 0.1) is 0 Å². The summed E-state index contributed by atoms with van der Waals surface area (Å²) in [7, 11) is 0. The molecule has 0 bridgehead atoms. The zero-order valence-corrected chi connectivity index (χ0v) is 12.9. The number of nitrogens with zero attached hydrogens (tertiary/aromatic N) is 1. The van der Waals surface area contributed by atoms with E-state index < -0.39 is 0 Å². The summed E-state index contributed by atoms with van der Waals surface area (Å²) in [6, 6.07) is 6.88. The van der Waals surface area contributed by atoms with Gasteiger partial charge in [-0.2, -0.15) is 0 Å². The summed E-state index contributed by atoms with van der Waals surface area (Å²) in [5, 5.41) is 10.2. The van der Waals surface area contributed by atoms with Crippen molar-refractivity contribution >= 4 is 0 Å². The topological polar surface area (TPSA) is 32.7 Å². The summed E-state index contributed by atoms with van der Waals surface area (Å²) < 4.78 is 5.55. The summed E-state index contributed by atoms with van der Waals surface area (Å²) in [6.45, 7) is 8.16. The summed E-state index contributed by atoms with van der Waals surface area (Å²) in [6.07, 6.45) is 4.80. The number of hydrogen-bond donors (Lipinski definition) is 1. The minimum absolute atomic E-state index is 0.351. The van der Waals surface area contributed by atoms with Crippen molar-refractivity contribution < 1.29 is 9.84 Å². The molecule has 3 nitrogen and oxygen atoms in total. The molecule has 0 radical (unpaired) electrons. The lowest BCUT2D eigenvalue weighted by molar-refractivity contribution is 0.0943. The molecule has 0 spiro atoms. The van der Waals surface area contributed by atoms with Crippen molar-refractivity contribution in [1.29, 1.82) is 0 Å². The number of likely N-dealkylation sites (tertiary alicyclic amines) is 1. The number of hydrogen-bond acceptors (Lipinski definition) is 3. The van der Waals surface area contributed by atoms with E-state index in [0.717, 1.165) is 24.3 Å². The normalized spacial score (nSPS) is 23.8. The molecule has 1 aromatic rings. The first kappa shape index (κ1) is 15.2. The largest absolute Gasteiger partial charge is 0.507 e. The Balaban J connectivity index is 2.05. The standard InChI is InChI=1S/C17H27NO2/c1-4-10-20-16-9-8-15(17(19)11-16)12-18-13(2)6-5-7-14(18)3/h8-9,11,13-14,19H,4-7,10,12H2,1-3H3/t13-,14+. The van der Waals surface area contributed by atoms with Crippen LogP contribution in [-0.4, -0.2) is 28.7 Å². The third kappa shape index (κ3) is 3.66. The smallest absolute Gasteiger partial charge is 0.123 e. The lowest BCUT2D eigenvalue weighted by atomic mass is 9.96. The van der Waals surface area contributed by atoms with Crippen LogP contribution in [0.3, 0.4) is 0 Å². The molecular weight excluding hydrogens is 250 g/mol. The lowest BCUT2D eigenvalue weighted by Crippen LogP contribution is -2.42. The molecule has 1 aliphatic rings. The highest BCUT2D eigenvalue weighted by Gasteiger charge is 2.25. The molecule has 0 aliphatic carbocycles. The third-order valence-corrected chi connectivity index (χ3v) is 4.26. The van der Waals surface area contributed by atoms with Crippen LogP contribution in [0.1, 0.15) is 52.0 Å². The molecule has 0 aromatic heterocycles. The van der Waals surface area contributed by atoms with Gasteiger partial charge in [0.2, 0.25) is 0 Å². The monoisotopic (exact) mass is 277 g/mol. The molecule has 1 fully saturated rings. The van der Waals surface area contributed by atoms with Crippen LogP contribution in [-0.2, 0) is 6.54 Å². The maximum Gasteiger partial charge on any atom is 0.123 e. The molecule has 0 unspecified atom stereocenters. The minimum atomic E-state index is 0.351. The number of phenolic OH excluding ortho intramolecular Hbond substituents is 1. The first-order chi connectivity index (χ1) is 9.61. The molecule has 1 aromatic carbocycles. The van der Waals surface area contributed by atoms with E-state index in [4.69, 9.17) is 4.74 Å². The lowest BCUT2D eigenvalue weighted by Gasteiger charge is -2.39. The van der Waals surface area contributed by atoms with Crippen LogP contribution in [0.2, 0.25) is 0 Å². The van der Waals surface area contributed by atoms with Gasteiger partial charge in [0.25, 0.3) is 0 Å². The van der Waals surface area contributed by atoms with Crippen molar-refractivity contribution in [2.75, 3.05) is 6.61 Å². The van der Waals surface area contributed by atoms with E-state index in [-0.39, 0.29) is 0 Å². The molecule has 2 rings (SSSR count). The average Bonchev–Trinajstić information content (AvgIpc) is 2.42. The Bertz CT molecular complexity index is 423. The molecule has 3 heteroatoms. The maximum absolute atomic E-state index is 10.2. The molecule has 0 amide bonds. The zero-order chi connectivity index (χ0) is 14.5. The maximum atomic E-state index is 10.2. The Labute approximate surface area is 122 Å². The summed E-state index contributed by atoms with van der Waals surface area (Å²) in [5.41, 5.74) is 0.995. The molecule has 0 saturated carbocycles. The molecule has 112 valence electrons. The van der Waals surface area contributed by atoms with E-state index in [0.29, 0.717) is 24.4 Å². The predicted octanol–water partition coefficient (Wildman–Crippen LogP) is 3.94. The van der Waals surface area contributed by atoms with Gasteiger partial charge in [0, 0.05) is 30.3 Å². The van der Waals surface area contributed by atoms with E-state index in [2.05, 4.69) is 25.7 Å². The van der Waals surface area contributed by atoms with Gasteiger partial charge in [0.1, 0.15) is 11.5 Å². The van der Waals surface area contributed by atoms with Gasteiger partial charge in [-0.25, -0.2) is 0 Å². The number of piperidine rings is 1. The van der Waals surface area contributed by atoms with Crippen LogP contribution in [0.15, 0.2) is 18.2 Å². The van der Waals surface area contributed by atoms with E-state index in [1.54, 1.807) is 6.07 Å². The highest BCUT2D eigenvalue weighted by Crippen LogP contribution is 2.29.